The Morgan fingerprint density at radius 1 is 1.29 bits per heavy atom. The van der Waals surface area contributed by atoms with Crippen LogP contribution in [-0.2, 0) is 4.79 Å². The highest BCUT2D eigenvalue weighted by Crippen LogP contribution is 2.18. The highest BCUT2D eigenvalue weighted by Gasteiger charge is 2.05. The molecule has 0 saturated carbocycles. The largest absolute Gasteiger partial charge is 0.295 e. The summed E-state index contributed by atoms with van der Waals surface area (Å²) in [4.78, 5) is 10.7. The van der Waals surface area contributed by atoms with E-state index in [-0.39, 0.29) is 11.3 Å². The highest BCUT2D eigenvalue weighted by molar-refractivity contribution is 5.94. The van der Waals surface area contributed by atoms with Crippen molar-refractivity contribution in [1.82, 2.24) is 0 Å². The van der Waals surface area contributed by atoms with Crippen molar-refractivity contribution in [1.29, 1.82) is 0 Å². The summed E-state index contributed by atoms with van der Waals surface area (Å²) in [5, 5.41) is 0. The molecule has 1 aromatic carbocycles. The quantitative estimate of drug-likeness (QED) is 0.664. The van der Waals surface area contributed by atoms with Crippen molar-refractivity contribution in [3.63, 3.8) is 0 Å². The molecule has 74 valence electrons. The van der Waals surface area contributed by atoms with Gasteiger partial charge in [0.2, 0.25) is 0 Å². The first kappa shape index (κ1) is 10.6. The van der Waals surface area contributed by atoms with Crippen LogP contribution >= 0.6 is 0 Å². The van der Waals surface area contributed by atoms with E-state index in [1.807, 2.05) is 0 Å². The molecule has 1 aromatic rings. The lowest BCUT2D eigenvalue weighted by atomic mass is 10.1. The van der Waals surface area contributed by atoms with Crippen LogP contribution in [-0.4, -0.2) is 5.78 Å². The van der Waals surface area contributed by atoms with E-state index in [4.69, 9.17) is 0 Å². The zero-order chi connectivity index (χ0) is 10.7. The van der Waals surface area contributed by atoms with E-state index in [2.05, 4.69) is 0 Å². The number of carbonyl (C=O) groups is 1. The molecule has 0 aliphatic carbocycles. The summed E-state index contributed by atoms with van der Waals surface area (Å²) < 4.78 is 25.9. The fourth-order valence-electron chi connectivity index (χ4n) is 1.18. The summed E-state index contributed by atoms with van der Waals surface area (Å²) in [6.45, 7) is 2.93. The lowest BCUT2D eigenvalue weighted by Crippen LogP contribution is -1.91. The van der Waals surface area contributed by atoms with E-state index >= 15 is 0 Å². The Bertz CT molecular complexity index is 394. The van der Waals surface area contributed by atoms with Crippen molar-refractivity contribution in [3.8, 4) is 0 Å². The predicted molar refractivity (Wildman–Crippen MR) is 50.7 cm³/mol. The second kappa shape index (κ2) is 4.13. The second-order valence-corrected chi connectivity index (χ2v) is 3.06. The Balaban J connectivity index is 3.18. The maximum atomic E-state index is 13.2. The molecule has 0 bridgehead atoms. The first-order valence-corrected chi connectivity index (χ1v) is 4.15. The van der Waals surface area contributed by atoms with Gasteiger partial charge in [0.05, 0.1) is 0 Å². The smallest absolute Gasteiger partial charge is 0.152 e. The second-order valence-electron chi connectivity index (χ2n) is 3.06. The molecular weight excluding hydrogens is 186 g/mol. The van der Waals surface area contributed by atoms with Crippen LogP contribution in [0.4, 0.5) is 8.78 Å². The zero-order valence-corrected chi connectivity index (χ0v) is 7.97. The van der Waals surface area contributed by atoms with Gasteiger partial charge in [-0.25, -0.2) is 8.78 Å². The highest BCUT2D eigenvalue weighted by atomic mass is 19.1. The maximum Gasteiger partial charge on any atom is 0.152 e. The number of carbonyl (C=O) groups excluding carboxylic acids is 1. The molecule has 0 saturated heterocycles. The van der Waals surface area contributed by atoms with Crippen LogP contribution in [0, 0.1) is 11.6 Å². The van der Waals surface area contributed by atoms with Gasteiger partial charge in [-0.3, -0.25) is 4.79 Å². The molecule has 0 spiro atoms. The molecule has 3 heteroatoms. The standard InChI is InChI=1S/C11H10F2O/c1-7(5-8(2)14)10-6-9(12)3-4-11(10)13/h3-6H,1-2H3/b7-5+. The molecule has 0 aliphatic heterocycles. The number of halogens is 2. The Labute approximate surface area is 81.1 Å². The monoisotopic (exact) mass is 196 g/mol. The Morgan fingerprint density at radius 2 is 1.93 bits per heavy atom. The fraction of sp³-hybridized carbons (Fsp3) is 0.182. The molecule has 0 heterocycles. The van der Waals surface area contributed by atoms with Gasteiger partial charge in [0.1, 0.15) is 11.6 Å². The van der Waals surface area contributed by atoms with E-state index in [0.29, 0.717) is 5.57 Å². The van der Waals surface area contributed by atoms with Gasteiger partial charge in [-0.15, -0.1) is 0 Å². The summed E-state index contributed by atoms with van der Waals surface area (Å²) in [6.07, 6.45) is 1.28. The van der Waals surface area contributed by atoms with E-state index in [1.54, 1.807) is 6.92 Å². The van der Waals surface area contributed by atoms with Crippen LogP contribution in [0.1, 0.15) is 19.4 Å². The molecular formula is C11H10F2O. The van der Waals surface area contributed by atoms with Gasteiger partial charge >= 0.3 is 0 Å². The van der Waals surface area contributed by atoms with Crippen LogP contribution in [0.15, 0.2) is 24.3 Å². The number of hydrogen-bond donors (Lipinski definition) is 0. The topological polar surface area (TPSA) is 17.1 Å². The molecule has 0 atom stereocenters. The molecule has 0 aliphatic rings. The minimum absolute atomic E-state index is 0.125. The van der Waals surface area contributed by atoms with E-state index < -0.39 is 11.6 Å². The molecule has 0 aromatic heterocycles. The maximum absolute atomic E-state index is 13.2. The number of benzene rings is 1. The van der Waals surface area contributed by atoms with Crippen molar-refractivity contribution in [3.05, 3.63) is 41.5 Å². The van der Waals surface area contributed by atoms with Gasteiger partial charge in [-0.1, -0.05) is 0 Å². The predicted octanol–water partition coefficient (Wildman–Crippen LogP) is 2.96. The summed E-state index contributed by atoms with van der Waals surface area (Å²) in [7, 11) is 0. The number of allylic oxidation sites excluding steroid dienone is 2. The Hall–Kier alpha value is -1.51. The van der Waals surface area contributed by atoms with Gasteiger partial charge < -0.3 is 0 Å². The van der Waals surface area contributed by atoms with Crippen molar-refractivity contribution in [2.45, 2.75) is 13.8 Å². The van der Waals surface area contributed by atoms with E-state index in [0.717, 1.165) is 18.2 Å². The van der Waals surface area contributed by atoms with Crippen LogP contribution < -0.4 is 0 Å². The van der Waals surface area contributed by atoms with Crippen molar-refractivity contribution >= 4 is 11.4 Å². The molecule has 14 heavy (non-hydrogen) atoms. The van der Waals surface area contributed by atoms with Gasteiger partial charge in [0, 0.05) is 5.56 Å². The van der Waals surface area contributed by atoms with Crippen LogP contribution in [0.5, 0.6) is 0 Å². The van der Waals surface area contributed by atoms with Crippen LogP contribution in [0.2, 0.25) is 0 Å². The minimum atomic E-state index is -0.526. The average Bonchev–Trinajstić information content (AvgIpc) is 2.08. The molecule has 1 rings (SSSR count). The van der Waals surface area contributed by atoms with Crippen molar-refractivity contribution in [2.24, 2.45) is 0 Å². The third kappa shape index (κ3) is 2.49. The first-order chi connectivity index (χ1) is 6.50. The molecule has 0 amide bonds. The van der Waals surface area contributed by atoms with E-state index in [9.17, 15) is 13.6 Å². The summed E-state index contributed by atoms with van der Waals surface area (Å²) in [6, 6.07) is 3.16. The van der Waals surface area contributed by atoms with Crippen molar-refractivity contribution in [2.75, 3.05) is 0 Å². The number of ketones is 1. The third-order valence-electron chi connectivity index (χ3n) is 1.77. The zero-order valence-electron chi connectivity index (χ0n) is 7.97. The normalized spacial score (nSPS) is 11.6. The average molecular weight is 196 g/mol. The number of rotatable bonds is 2. The van der Waals surface area contributed by atoms with Crippen LogP contribution in [0.3, 0.4) is 0 Å². The fourth-order valence-corrected chi connectivity index (χ4v) is 1.18. The molecule has 0 fully saturated rings. The molecule has 0 unspecified atom stereocenters. The Kier molecular flexibility index (Phi) is 3.12. The van der Waals surface area contributed by atoms with Gasteiger partial charge in [0.25, 0.3) is 0 Å². The first-order valence-electron chi connectivity index (χ1n) is 4.15. The van der Waals surface area contributed by atoms with Gasteiger partial charge in [0.15, 0.2) is 5.78 Å². The SMILES string of the molecule is CC(=O)/C=C(\C)c1cc(F)ccc1F. The van der Waals surface area contributed by atoms with Gasteiger partial charge in [-0.05, 0) is 43.7 Å². The lowest BCUT2D eigenvalue weighted by molar-refractivity contribution is -0.112. The molecule has 1 nitrogen and oxygen atoms in total. The van der Waals surface area contributed by atoms with Gasteiger partial charge in [-0.2, -0.15) is 0 Å². The molecule has 0 radical (unpaired) electrons. The summed E-state index contributed by atoms with van der Waals surface area (Å²) in [5.41, 5.74) is 0.551. The lowest BCUT2D eigenvalue weighted by Gasteiger charge is -2.02. The minimum Gasteiger partial charge on any atom is -0.295 e. The molecule has 0 N–H and O–H groups in total. The van der Waals surface area contributed by atoms with E-state index in [1.165, 1.54) is 13.0 Å². The summed E-state index contributed by atoms with van der Waals surface area (Å²) in [5.74, 6) is -1.23. The van der Waals surface area contributed by atoms with Crippen LogP contribution in [0.25, 0.3) is 5.57 Å². The van der Waals surface area contributed by atoms with Crippen molar-refractivity contribution < 1.29 is 13.6 Å². The third-order valence-corrected chi connectivity index (χ3v) is 1.77. The summed E-state index contributed by atoms with van der Waals surface area (Å²) >= 11 is 0. The Morgan fingerprint density at radius 3 is 2.50 bits per heavy atom. The number of hydrogen-bond acceptors (Lipinski definition) is 1.